The molecule has 0 spiro atoms. The Morgan fingerprint density at radius 3 is 2.50 bits per heavy atom. The molecule has 0 bridgehead atoms. The van der Waals surface area contributed by atoms with E-state index in [1.54, 1.807) is 0 Å². The summed E-state index contributed by atoms with van der Waals surface area (Å²) in [5, 5.41) is 2.13. The van der Waals surface area contributed by atoms with E-state index >= 15 is 0 Å². The summed E-state index contributed by atoms with van der Waals surface area (Å²) in [5.74, 6) is 0. The molecule has 0 saturated carbocycles. The number of nitrogens with zero attached hydrogens (tertiary/aromatic N) is 2. The predicted molar refractivity (Wildman–Crippen MR) is 86.4 cm³/mol. The fourth-order valence-corrected chi connectivity index (χ4v) is 3.48. The van der Waals surface area contributed by atoms with Gasteiger partial charge in [-0.15, -0.1) is 0 Å². The smallest absolute Gasteiger partial charge is 0.0497 e. The second-order valence-electron chi connectivity index (χ2n) is 5.77. The van der Waals surface area contributed by atoms with Crippen molar-refractivity contribution < 1.29 is 0 Å². The third kappa shape index (κ3) is 2.87. The Morgan fingerprint density at radius 2 is 1.80 bits per heavy atom. The van der Waals surface area contributed by atoms with Crippen LogP contribution >= 0.6 is 11.6 Å². The molecule has 2 heterocycles. The summed E-state index contributed by atoms with van der Waals surface area (Å²) in [5.41, 5.74) is 2.69. The van der Waals surface area contributed by atoms with Crippen LogP contribution in [0.5, 0.6) is 0 Å². The largest absolute Gasteiger partial charge is 0.344 e. The highest BCUT2D eigenvalue weighted by Crippen LogP contribution is 2.25. The number of hydrogen-bond acceptors (Lipinski definition) is 1. The van der Waals surface area contributed by atoms with Crippen molar-refractivity contribution in [3.63, 3.8) is 0 Å². The van der Waals surface area contributed by atoms with Crippen LogP contribution in [0.15, 0.2) is 24.3 Å². The lowest BCUT2D eigenvalue weighted by atomic mass is 10.2. The van der Waals surface area contributed by atoms with Gasteiger partial charge in [-0.2, -0.15) is 0 Å². The van der Waals surface area contributed by atoms with Crippen molar-refractivity contribution in [2.75, 3.05) is 13.1 Å². The minimum absolute atomic E-state index is 0.826. The normalized spacial score (nSPS) is 17.5. The van der Waals surface area contributed by atoms with E-state index in [1.807, 2.05) is 6.07 Å². The lowest BCUT2D eigenvalue weighted by molar-refractivity contribution is 0.270. The van der Waals surface area contributed by atoms with Gasteiger partial charge < -0.3 is 4.57 Å². The number of halogens is 1. The van der Waals surface area contributed by atoms with E-state index < -0.39 is 0 Å². The average Bonchev–Trinajstić information content (AvgIpc) is 2.61. The lowest BCUT2D eigenvalue weighted by Crippen LogP contribution is -2.25. The van der Waals surface area contributed by atoms with Gasteiger partial charge in [0.1, 0.15) is 0 Å². The molecule has 1 fully saturated rings. The van der Waals surface area contributed by atoms with Crippen molar-refractivity contribution in [2.45, 2.75) is 45.7 Å². The minimum Gasteiger partial charge on any atom is -0.344 e. The Morgan fingerprint density at radius 1 is 1.05 bits per heavy atom. The van der Waals surface area contributed by atoms with Gasteiger partial charge in [0.25, 0.3) is 0 Å². The van der Waals surface area contributed by atoms with Crippen LogP contribution in [0.4, 0.5) is 0 Å². The molecule has 0 N–H and O–H groups in total. The lowest BCUT2D eigenvalue weighted by Gasteiger charge is -2.20. The van der Waals surface area contributed by atoms with Crippen LogP contribution < -0.4 is 0 Å². The first-order valence-electron chi connectivity index (χ1n) is 7.78. The van der Waals surface area contributed by atoms with E-state index in [2.05, 4.69) is 34.6 Å². The van der Waals surface area contributed by atoms with Crippen molar-refractivity contribution >= 4 is 22.5 Å². The molecule has 2 aromatic rings. The quantitative estimate of drug-likeness (QED) is 0.796. The van der Waals surface area contributed by atoms with E-state index in [4.69, 9.17) is 11.6 Å². The molecule has 0 unspecified atom stereocenters. The van der Waals surface area contributed by atoms with Crippen LogP contribution in [-0.2, 0) is 13.1 Å². The number of benzene rings is 1. The molecule has 0 radical (unpaired) electrons. The first-order chi connectivity index (χ1) is 9.78. The van der Waals surface area contributed by atoms with E-state index in [-0.39, 0.29) is 0 Å². The zero-order valence-corrected chi connectivity index (χ0v) is 13.0. The van der Waals surface area contributed by atoms with Crippen LogP contribution in [-0.4, -0.2) is 22.6 Å². The third-order valence-electron chi connectivity index (χ3n) is 4.35. The first kappa shape index (κ1) is 14.0. The Labute approximate surface area is 126 Å². The molecule has 1 saturated heterocycles. The molecule has 1 aliphatic heterocycles. The summed E-state index contributed by atoms with van der Waals surface area (Å²) in [6.07, 6.45) is 5.47. The monoisotopic (exact) mass is 290 g/mol. The van der Waals surface area contributed by atoms with Crippen LogP contribution in [0.1, 0.15) is 38.3 Å². The summed E-state index contributed by atoms with van der Waals surface area (Å²) in [4.78, 5) is 2.61. The van der Waals surface area contributed by atoms with Gasteiger partial charge >= 0.3 is 0 Å². The number of likely N-dealkylation sites (tertiary alicyclic amines) is 1. The third-order valence-corrected chi connectivity index (χ3v) is 4.59. The predicted octanol–water partition coefficient (Wildman–Crippen LogP) is 4.69. The van der Waals surface area contributed by atoms with Crippen molar-refractivity contribution in [1.82, 2.24) is 9.47 Å². The van der Waals surface area contributed by atoms with Crippen molar-refractivity contribution in [2.24, 2.45) is 0 Å². The van der Waals surface area contributed by atoms with Gasteiger partial charge in [-0.1, -0.05) is 30.5 Å². The molecule has 0 atom stereocenters. The van der Waals surface area contributed by atoms with Crippen LogP contribution in [0.2, 0.25) is 5.02 Å². The molecule has 1 aromatic carbocycles. The first-order valence-corrected chi connectivity index (χ1v) is 8.16. The zero-order valence-electron chi connectivity index (χ0n) is 12.2. The molecule has 3 heteroatoms. The highest BCUT2D eigenvalue weighted by atomic mass is 35.5. The Kier molecular flexibility index (Phi) is 4.32. The Balaban J connectivity index is 1.90. The van der Waals surface area contributed by atoms with E-state index in [9.17, 15) is 0 Å². The molecule has 20 heavy (non-hydrogen) atoms. The average molecular weight is 291 g/mol. The van der Waals surface area contributed by atoms with Crippen molar-refractivity contribution in [1.29, 1.82) is 0 Å². The zero-order chi connectivity index (χ0) is 13.9. The van der Waals surface area contributed by atoms with E-state index in [1.165, 1.54) is 55.4 Å². The molecule has 1 aliphatic rings. The van der Waals surface area contributed by atoms with Crippen LogP contribution in [0.25, 0.3) is 10.9 Å². The number of fused-ring (bicyclic) bond motifs is 1. The molecular weight excluding hydrogens is 268 g/mol. The summed E-state index contributed by atoms with van der Waals surface area (Å²) in [7, 11) is 0. The second-order valence-corrected chi connectivity index (χ2v) is 6.21. The van der Waals surface area contributed by atoms with Crippen LogP contribution in [0.3, 0.4) is 0 Å². The number of aryl methyl sites for hydroxylation is 1. The SMILES string of the molecule is CCn1c(CN2CCCCCC2)cc2ccc(Cl)cc21. The fourth-order valence-electron chi connectivity index (χ4n) is 3.31. The minimum atomic E-state index is 0.826. The van der Waals surface area contributed by atoms with E-state index in [0.29, 0.717) is 0 Å². The van der Waals surface area contributed by atoms with Gasteiger partial charge in [-0.3, -0.25) is 4.90 Å². The van der Waals surface area contributed by atoms with Gasteiger partial charge in [-0.05, 0) is 51.1 Å². The van der Waals surface area contributed by atoms with Gasteiger partial charge in [0.2, 0.25) is 0 Å². The fraction of sp³-hybridized carbons (Fsp3) is 0.529. The Hall–Kier alpha value is -0.990. The van der Waals surface area contributed by atoms with Gasteiger partial charge in [0.05, 0.1) is 0 Å². The maximum atomic E-state index is 6.15. The number of hydrogen-bond donors (Lipinski definition) is 0. The molecule has 3 rings (SSSR count). The van der Waals surface area contributed by atoms with Crippen LogP contribution in [0, 0.1) is 0 Å². The summed E-state index contributed by atoms with van der Waals surface area (Å²) in [6, 6.07) is 8.54. The maximum absolute atomic E-state index is 6.15. The molecule has 1 aromatic heterocycles. The van der Waals surface area contributed by atoms with Crippen molar-refractivity contribution in [3.8, 4) is 0 Å². The van der Waals surface area contributed by atoms with Gasteiger partial charge in [0.15, 0.2) is 0 Å². The molecule has 2 nitrogen and oxygen atoms in total. The van der Waals surface area contributed by atoms with Gasteiger partial charge in [0, 0.05) is 34.7 Å². The maximum Gasteiger partial charge on any atom is 0.0497 e. The molecular formula is C17H23ClN2. The Bertz CT molecular complexity index is 580. The van der Waals surface area contributed by atoms with Crippen molar-refractivity contribution in [3.05, 3.63) is 35.0 Å². The highest BCUT2D eigenvalue weighted by Gasteiger charge is 2.13. The van der Waals surface area contributed by atoms with Gasteiger partial charge in [-0.25, -0.2) is 0 Å². The number of rotatable bonds is 3. The molecule has 0 amide bonds. The number of aromatic nitrogens is 1. The summed E-state index contributed by atoms with van der Waals surface area (Å²) in [6.45, 7) is 6.78. The second kappa shape index (κ2) is 6.19. The molecule has 108 valence electrons. The summed E-state index contributed by atoms with van der Waals surface area (Å²) < 4.78 is 2.41. The highest BCUT2D eigenvalue weighted by molar-refractivity contribution is 6.31. The topological polar surface area (TPSA) is 8.17 Å². The van der Waals surface area contributed by atoms with E-state index in [0.717, 1.165) is 18.1 Å². The standard InChI is InChI=1S/C17H23ClN2/c1-2-20-16(13-19-9-5-3-4-6-10-19)11-14-7-8-15(18)12-17(14)20/h7-8,11-12H,2-6,9-10,13H2,1H3. The summed E-state index contributed by atoms with van der Waals surface area (Å²) >= 11 is 6.15. The molecule has 0 aliphatic carbocycles.